The van der Waals surface area contributed by atoms with Crippen LogP contribution in [0.1, 0.15) is 25.7 Å². The molecule has 2 aromatic rings. The number of rotatable bonds is 3. The summed E-state index contributed by atoms with van der Waals surface area (Å²) in [6.45, 7) is 0. The van der Waals surface area contributed by atoms with Crippen molar-refractivity contribution in [3.05, 3.63) is 48.8 Å². The quantitative estimate of drug-likeness (QED) is 0.885. The van der Waals surface area contributed by atoms with Crippen molar-refractivity contribution in [2.45, 2.75) is 37.8 Å². The Labute approximate surface area is 113 Å². The minimum atomic E-state index is -0.0933. The molecule has 1 aromatic heterocycles. The molecular formula is C16H20N2O. The monoisotopic (exact) mass is 256 g/mol. The van der Waals surface area contributed by atoms with Crippen molar-refractivity contribution in [3.63, 3.8) is 0 Å². The van der Waals surface area contributed by atoms with Crippen LogP contribution in [0.4, 0.5) is 5.69 Å². The summed E-state index contributed by atoms with van der Waals surface area (Å²) in [6, 6.07) is 13.0. The van der Waals surface area contributed by atoms with E-state index in [2.05, 4.69) is 46.5 Å². The fourth-order valence-electron chi connectivity index (χ4n) is 2.72. The van der Waals surface area contributed by atoms with E-state index < -0.39 is 0 Å². The van der Waals surface area contributed by atoms with Gasteiger partial charge in [0.1, 0.15) is 0 Å². The van der Waals surface area contributed by atoms with Gasteiger partial charge in [-0.25, -0.2) is 0 Å². The van der Waals surface area contributed by atoms with Gasteiger partial charge in [-0.05, 0) is 56.0 Å². The lowest BCUT2D eigenvalue weighted by Gasteiger charge is -2.27. The highest BCUT2D eigenvalue weighted by atomic mass is 16.3. The Morgan fingerprint density at radius 1 is 1.00 bits per heavy atom. The average Bonchev–Trinajstić information content (AvgIpc) is 2.96. The summed E-state index contributed by atoms with van der Waals surface area (Å²) in [4.78, 5) is 0. The van der Waals surface area contributed by atoms with Crippen LogP contribution in [-0.4, -0.2) is 21.8 Å². The highest BCUT2D eigenvalue weighted by molar-refractivity contribution is 5.51. The molecule has 0 amide bonds. The molecule has 1 aromatic carbocycles. The summed E-state index contributed by atoms with van der Waals surface area (Å²) >= 11 is 0. The molecule has 0 atom stereocenters. The van der Waals surface area contributed by atoms with Crippen molar-refractivity contribution in [1.82, 2.24) is 4.57 Å². The fraction of sp³-hybridized carbons (Fsp3) is 0.375. The van der Waals surface area contributed by atoms with E-state index in [1.807, 2.05) is 12.1 Å². The van der Waals surface area contributed by atoms with Gasteiger partial charge in [-0.3, -0.25) is 0 Å². The van der Waals surface area contributed by atoms with E-state index in [9.17, 15) is 5.11 Å². The third kappa shape index (κ3) is 2.99. The van der Waals surface area contributed by atoms with Crippen molar-refractivity contribution >= 4 is 5.69 Å². The highest BCUT2D eigenvalue weighted by Crippen LogP contribution is 2.23. The number of aromatic nitrogens is 1. The molecular weight excluding hydrogens is 236 g/mol. The van der Waals surface area contributed by atoms with Crippen LogP contribution in [0.5, 0.6) is 0 Å². The largest absolute Gasteiger partial charge is 0.393 e. The SMILES string of the molecule is OC1CCC(Nc2cccc(-n3cccc3)c2)CC1. The van der Waals surface area contributed by atoms with Crippen LogP contribution in [0.15, 0.2) is 48.8 Å². The van der Waals surface area contributed by atoms with Gasteiger partial charge in [-0.15, -0.1) is 0 Å². The second-order valence-corrected chi connectivity index (χ2v) is 5.29. The van der Waals surface area contributed by atoms with Crippen LogP contribution in [0.2, 0.25) is 0 Å². The first-order valence-electron chi connectivity index (χ1n) is 6.99. The van der Waals surface area contributed by atoms with Gasteiger partial charge in [-0.1, -0.05) is 6.07 Å². The Hall–Kier alpha value is -1.74. The number of nitrogens with zero attached hydrogens (tertiary/aromatic N) is 1. The molecule has 3 rings (SSSR count). The number of hydrogen-bond donors (Lipinski definition) is 2. The van der Waals surface area contributed by atoms with E-state index in [-0.39, 0.29) is 6.10 Å². The first kappa shape index (κ1) is 12.3. The molecule has 19 heavy (non-hydrogen) atoms. The third-order valence-corrected chi connectivity index (χ3v) is 3.82. The van der Waals surface area contributed by atoms with Gasteiger partial charge in [-0.2, -0.15) is 0 Å². The zero-order valence-corrected chi connectivity index (χ0v) is 11.0. The topological polar surface area (TPSA) is 37.2 Å². The lowest BCUT2D eigenvalue weighted by molar-refractivity contribution is 0.126. The number of aliphatic hydroxyl groups is 1. The number of benzene rings is 1. The second kappa shape index (κ2) is 5.49. The molecule has 1 saturated carbocycles. The molecule has 2 N–H and O–H groups in total. The lowest BCUT2D eigenvalue weighted by Crippen LogP contribution is -2.28. The molecule has 1 aliphatic rings. The summed E-state index contributed by atoms with van der Waals surface area (Å²) in [5.74, 6) is 0. The van der Waals surface area contributed by atoms with E-state index >= 15 is 0 Å². The maximum absolute atomic E-state index is 9.53. The Kier molecular flexibility index (Phi) is 3.56. The van der Waals surface area contributed by atoms with Gasteiger partial charge in [0.05, 0.1) is 6.10 Å². The second-order valence-electron chi connectivity index (χ2n) is 5.29. The first-order chi connectivity index (χ1) is 9.31. The van der Waals surface area contributed by atoms with Gasteiger partial charge in [0, 0.05) is 29.8 Å². The lowest BCUT2D eigenvalue weighted by atomic mass is 9.93. The van der Waals surface area contributed by atoms with Crippen LogP contribution >= 0.6 is 0 Å². The molecule has 1 aliphatic carbocycles. The minimum Gasteiger partial charge on any atom is -0.393 e. The summed E-state index contributed by atoms with van der Waals surface area (Å²) in [5, 5.41) is 13.1. The predicted molar refractivity (Wildman–Crippen MR) is 77.7 cm³/mol. The normalized spacial score (nSPS) is 23.2. The van der Waals surface area contributed by atoms with Crippen molar-refractivity contribution in [2.24, 2.45) is 0 Å². The van der Waals surface area contributed by atoms with Crippen LogP contribution in [0, 0.1) is 0 Å². The third-order valence-electron chi connectivity index (χ3n) is 3.82. The molecule has 3 nitrogen and oxygen atoms in total. The van der Waals surface area contributed by atoms with Crippen LogP contribution in [0.25, 0.3) is 5.69 Å². The van der Waals surface area contributed by atoms with E-state index in [1.165, 1.54) is 5.69 Å². The highest BCUT2D eigenvalue weighted by Gasteiger charge is 2.18. The fourth-order valence-corrected chi connectivity index (χ4v) is 2.72. The van der Waals surface area contributed by atoms with Gasteiger partial charge in [0.25, 0.3) is 0 Å². The summed E-state index contributed by atoms with van der Waals surface area (Å²) < 4.78 is 2.11. The maximum Gasteiger partial charge on any atom is 0.0541 e. The summed E-state index contributed by atoms with van der Waals surface area (Å²) in [6.07, 6.45) is 7.93. The predicted octanol–water partition coefficient (Wildman–Crippen LogP) is 3.19. The number of hydrogen-bond acceptors (Lipinski definition) is 2. The molecule has 0 unspecified atom stereocenters. The van der Waals surface area contributed by atoms with Crippen LogP contribution in [-0.2, 0) is 0 Å². The number of anilines is 1. The van der Waals surface area contributed by atoms with E-state index in [0.717, 1.165) is 31.4 Å². The van der Waals surface area contributed by atoms with Gasteiger partial charge < -0.3 is 15.0 Å². The van der Waals surface area contributed by atoms with E-state index in [1.54, 1.807) is 0 Å². The smallest absolute Gasteiger partial charge is 0.0541 e. The van der Waals surface area contributed by atoms with Gasteiger partial charge >= 0.3 is 0 Å². The van der Waals surface area contributed by atoms with Crippen molar-refractivity contribution in [1.29, 1.82) is 0 Å². The van der Waals surface area contributed by atoms with Crippen molar-refractivity contribution in [2.75, 3.05) is 5.32 Å². The van der Waals surface area contributed by atoms with E-state index in [0.29, 0.717) is 6.04 Å². The minimum absolute atomic E-state index is 0.0933. The molecule has 1 heterocycles. The molecule has 0 spiro atoms. The maximum atomic E-state index is 9.53. The molecule has 0 saturated heterocycles. The van der Waals surface area contributed by atoms with Crippen molar-refractivity contribution in [3.8, 4) is 5.69 Å². The van der Waals surface area contributed by atoms with Crippen LogP contribution in [0.3, 0.4) is 0 Å². The number of nitrogens with one attached hydrogen (secondary N) is 1. The Balaban J connectivity index is 1.70. The molecule has 0 radical (unpaired) electrons. The molecule has 0 aliphatic heterocycles. The average molecular weight is 256 g/mol. The summed E-state index contributed by atoms with van der Waals surface area (Å²) in [7, 11) is 0. The zero-order chi connectivity index (χ0) is 13.1. The van der Waals surface area contributed by atoms with Crippen molar-refractivity contribution < 1.29 is 5.11 Å². The first-order valence-corrected chi connectivity index (χ1v) is 6.99. The molecule has 3 heteroatoms. The Morgan fingerprint density at radius 3 is 2.47 bits per heavy atom. The standard InChI is InChI=1S/C16H20N2O/c19-16-8-6-13(7-9-16)17-14-4-3-5-15(12-14)18-10-1-2-11-18/h1-5,10-13,16-17,19H,6-9H2. The van der Waals surface area contributed by atoms with Gasteiger partial charge in [0.2, 0.25) is 0 Å². The zero-order valence-electron chi connectivity index (χ0n) is 11.0. The Morgan fingerprint density at radius 2 is 1.74 bits per heavy atom. The summed E-state index contributed by atoms with van der Waals surface area (Å²) in [5.41, 5.74) is 2.33. The molecule has 100 valence electrons. The molecule has 1 fully saturated rings. The number of aliphatic hydroxyl groups excluding tert-OH is 1. The molecule has 0 bridgehead atoms. The van der Waals surface area contributed by atoms with E-state index in [4.69, 9.17) is 0 Å². The Bertz CT molecular complexity index is 513. The van der Waals surface area contributed by atoms with Crippen LogP contribution < -0.4 is 5.32 Å². The van der Waals surface area contributed by atoms with Gasteiger partial charge in [0.15, 0.2) is 0 Å².